The van der Waals surface area contributed by atoms with Gasteiger partial charge in [0.1, 0.15) is 17.6 Å². The van der Waals surface area contributed by atoms with Crippen molar-refractivity contribution in [2.24, 2.45) is 5.73 Å². The number of methoxy groups -OCH3 is 1. The molecular formula is C20H22ClN3O6S. The number of amides is 2. The van der Waals surface area contributed by atoms with Gasteiger partial charge >= 0.3 is 12.1 Å². The Kier molecular flexibility index (Phi) is 7.85. The molecule has 9 nitrogen and oxygen atoms in total. The Morgan fingerprint density at radius 2 is 2.03 bits per heavy atom. The Hall–Kier alpha value is -2.66. The lowest BCUT2D eigenvalue weighted by Gasteiger charge is -2.28. The number of halogens is 1. The highest BCUT2D eigenvalue weighted by molar-refractivity contribution is 7.17. The van der Waals surface area contributed by atoms with Crippen molar-refractivity contribution in [3.63, 3.8) is 0 Å². The molecule has 2 amide bonds. The first-order valence-corrected chi connectivity index (χ1v) is 10.6. The topological polar surface area (TPSA) is 111 Å². The molecule has 2 N–H and O–H groups in total. The number of nitrogens with two attached hydrogens (primary N) is 1. The minimum atomic E-state index is -0.770. The van der Waals surface area contributed by atoms with Gasteiger partial charge in [-0.1, -0.05) is 11.6 Å². The second kappa shape index (κ2) is 10.6. The van der Waals surface area contributed by atoms with Gasteiger partial charge in [-0.3, -0.25) is 9.69 Å². The molecule has 1 aromatic heterocycles. The molecular weight excluding hydrogens is 446 g/mol. The molecule has 2 aromatic rings. The molecule has 3 rings (SSSR count). The minimum absolute atomic E-state index is 0.00128. The largest absolute Gasteiger partial charge is 0.455 e. The van der Waals surface area contributed by atoms with Crippen molar-refractivity contribution >= 4 is 52.3 Å². The Balaban J connectivity index is 1.73. The smallest absolute Gasteiger partial charge is 0.414 e. The maximum absolute atomic E-state index is 12.4. The standard InChI is InChI=1S/C20H22ClN3O6S/c1-28-20(27)24(11-15(10-22)30-19(26)16-6-7-17(21)31-16)14-4-2-13(3-5-14)23-8-9-29-12-18(23)25/h2-7,15H,8-12,22H2,1H3/t15-/m0/s1. The summed E-state index contributed by atoms with van der Waals surface area (Å²) in [7, 11) is 1.26. The molecule has 166 valence electrons. The van der Waals surface area contributed by atoms with Crippen molar-refractivity contribution in [3.8, 4) is 0 Å². The van der Waals surface area contributed by atoms with Gasteiger partial charge in [-0.15, -0.1) is 11.3 Å². The molecule has 0 bridgehead atoms. The lowest BCUT2D eigenvalue weighted by Crippen LogP contribution is -2.43. The average Bonchev–Trinajstić information content (AvgIpc) is 3.23. The van der Waals surface area contributed by atoms with E-state index in [0.717, 1.165) is 11.3 Å². The summed E-state index contributed by atoms with van der Waals surface area (Å²) in [5.74, 6) is -0.703. The summed E-state index contributed by atoms with van der Waals surface area (Å²) >= 11 is 6.96. The van der Waals surface area contributed by atoms with Crippen molar-refractivity contribution in [2.45, 2.75) is 6.10 Å². The van der Waals surface area contributed by atoms with Crippen LogP contribution in [0.25, 0.3) is 0 Å². The summed E-state index contributed by atoms with van der Waals surface area (Å²) in [6, 6.07) is 9.98. The van der Waals surface area contributed by atoms with Gasteiger partial charge in [-0.05, 0) is 36.4 Å². The van der Waals surface area contributed by atoms with Gasteiger partial charge in [0, 0.05) is 24.5 Å². The fourth-order valence-corrected chi connectivity index (χ4v) is 3.92. The van der Waals surface area contributed by atoms with Gasteiger partial charge in [0.15, 0.2) is 0 Å². The summed E-state index contributed by atoms with van der Waals surface area (Å²) in [6.07, 6.45) is -1.41. The van der Waals surface area contributed by atoms with E-state index in [1.807, 2.05) is 0 Å². The summed E-state index contributed by atoms with van der Waals surface area (Å²) in [6.45, 7) is 0.940. The zero-order valence-corrected chi connectivity index (χ0v) is 18.4. The van der Waals surface area contributed by atoms with Crippen LogP contribution in [-0.4, -0.2) is 64.0 Å². The van der Waals surface area contributed by atoms with Crippen molar-refractivity contribution < 1.29 is 28.6 Å². The summed E-state index contributed by atoms with van der Waals surface area (Å²) in [5.41, 5.74) is 6.97. The first-order chi connectivity index (χ1) is 14.9. The monoisotopic (exact) mass is 467 g/mol. The average molecular weight is 468 g/mol. The fourth-order valence-electron chi connectivity index (χ4n) is 3.00. The highest BCUT2D eigenvalue weighted by atomic mass is 35.5. The summed E-state index contributed by atoms with van der Waals surface area (Å²) in [5, 5.41) is 0. The molecule has 2 heterocycles. The quantitative estimate of drug-likeness (QED) is 0.622. The lowest BCUT2D eigenvalue weighted by atomic mass is 10.2. The molecule has 0 saturated carbocycles. The van der Waals surface area contributed by atoms with E-state index in [1.54, 1.807) is 41.3 Å². The number of carbonyl (C=O) groups is 3. The highest BCUT2D eigenvalue weighted by Crippen LogP contribution is 2.25. The van der Waals surface area contributed by atoms with Crippen LogP contribution in [0.3, 0.4) is 0 Å². The summed E-state index contributed by atoms with van der Waals surface area (Å²) in [4.78, 5) is 40.0. The van der Waals surface area contributed by atoms with E-state index in [0.29, 0.717) is 33.7 Å². The number of thiophene rings is 1. The van der Waals surface area contributed by atoms with Crippen molar-refractivity contribution in [2.75, 3.05) is 49.8 Å². The van der Waals surface area contributed by atoms with Crippen LogP contribution < -0.4 is 15.5 Å². The van der Waals surface area contributed by atoms with E-state index in [2.05, 4.69) is 0 Å². The number of rotatable bonds is 7. The third kappa shape index (κ3) is 5.73. The zero-order chi connectivity index (χ0) is 22.4. The molecule has 0 unspecified atom stereocenters. The van der Waals surface area contributed by atoms with Gasteiger partial charge in [0.05, 0.1) is 24.6 Å². The number of morpholine rings is 1. The molecule has 31 heavy (non-hydrogen) atoms. The van der Waals surface area contributed by atoms with Gasteiger partial charge in [-0.2, -0.15) is 0 Å². The molecule has 1 saturated heterocycles. The molecule has 1 atom stereocenters. The number of hydrogen-bond acceptors (Lipinski definition) is 8. The third-order valence-corrected chi connectivity index (χ3v) is 5.76. The van der Waals surface area contributed by atoms with Crippen LogP contribution in [0.4, 0.5) is 16.2 Å². The maximum atomic E-state index is 12.4. The Labute approximate surface area is 188 Å². The van der Waals surface area contributed by atoms with E-state index < -0.39 is 18.2 Å². The van der Waals surface area contributed by atoms with Crippen molar-refractivity contribution in [1.82, 2.24) is 0 Å². The number of ether oxygens (including phenoxy) is 3. The highest BCUT2D eigenvalue weighted by Gasteiger charge is 2.25. The maximum Gasteiger partial charge on any atom is 0.414 e. The zero-order valence-electron chi connectivity index (χ0n) is 16.8. The van der Waals surface area contributed by atoms with E-state index >= 15 is 0 Å². The molecule has 1 aliphatic rings. The van der Waals surface area contributed by atoms with Crippen LogP contribution >= 0.6 is 22.9 Å². The SMILES string of the molecule is COC(=O)N(C[C@H](CN)OC(=O)c1ccc(Cl)s1)c1ccc(N2CCOCC2=O)cc1. The fraction of sp³-hybridized carbons (Fsp3) is 0.350. The number of esters is 1. The van der Waals surface area contributed by atoms with Gasteiger partial charge < -0.3 is 24.8 Å². The van der Waals surface area contributed by atoms with Gasteiger partial charge in [-0.25, -0.2) is 9.59 Å². The van der Waals surface area contributed by atoms with Crippen LogP contribution in [0.15, 0.2) is 36.4 Å². The third-order valence-electron chi connectivity index (χ3n) is 4.55. The first-order valence-electron chi connectivity index (χ1n) is 9.43. The predicted octanol–water partition coefficient (Wildman–Crippen LogP) is 2.52. The number of nitrogens with zero attached hydrogens (tertiary/aromatic N) is 2. The van der Waals surface area contributed by atoms with E-state index in [9.17, 15) is 14.4 Å². The van der Waals surface area contributed by atoms with Crippen molar-refractivity contribution in [1.29, 1.82) is 0 Å². The molecule has 0 spiro atoms. The predicted molar refractivity (Wildman–Crippen MR) is 117 cm³/mol. The molecule has 0 aliphatic carbocycles. The second-order valence-electron chi connectivity index (χ2n) is 6.56. The Morgan fingerprint density at radius 3 is 2.61 bits per heavy atom. The minimum Gasteiger partial charge on any atom is -0.455 e. The number of hydrogen-bond donors (Lipinski definition) is 1. The molecule has 1 aliphatic heterocycles. The van der Waals surface area contributed by atoms with Crippen molar-refractivity contribution in [3.05, 3.63) is 45.6 Å². The lowest BCUT2D eigenvalue weighted by molar-refractivity contribution is -0.125. The second-order valence-corrected chi connectivity index (χ2v) is 8.28. The van der Waals surface area contributed by atoms with Crippen LogP contribution in [0.2, 0.25) is 4.34 Å². The van der Waals surface area contributed by atoms with E-state index in [4.69, 9.17) is 31.5 Å². The summed E-state index contributed by atoms with van der Waals surface area (Å²) < 4.78 is 15.9. The van der Waals surface area contributed by atoms with Crippen LogP contribution in [0.5, 0.6) is 0 Å². The van der Waals surface area contributed by atoms with Crippen LogP contribution in [0, 0.1) is 0 Å². The first kappa shape index (κ1) is 23.0. The van der Waals surface area contributed by atoms with E-state index in [-0.39, 0.29) is 25.6 Å². The normalized spacial score (nSPS) is 14.8. The number of anilines is 2. The Morgan fingerprint density at radius 1 is 1.29 bits per heavy atom. The van der Waals surface area contributed by atoms with Gasteiger partial charge in [0.25, 0.3) is 5.91 Å². The van der Waals surface area contributed by atoms with Gasteiger partial charge in [0.2, 0.25) is 0 Å². The molecule has 0 radical (unpaired) electrons. The van der Waals surface area contributed by atoms with E-state index in [1.165, 1.54) is 12.0 Å². The van der Waals surface area contributed by atoms with Crippen LogP contribution in [0.1, 0.15) is 9.67 Å². The molecule has 1 fully saturated rings. The number of benzene rings is 1. The molecule has 1 aromatic carbocycles. The number of carbonyl (C=O) groups excluding carboxylic acids is 3. The Bertz CT molecular complexity index is 935. The molecule has 11 heteroatoms. The van der Waals surface area contributed by atoms with Crippen LogP contribution in [-0.2, 0) is 19.0 Å².